The van der Waals surface area contributed by atoms with Gasteiger partial charge in [-0.05, 0) is 0 Å². The van der Waals surface area contributed by atoms with Crippen molar-refractivity contribution in [3.8, 4) is 0 Å². The van der Waals surface area contributed by atoms with Crippen molar-refractivity contribution in [3.63, 3.8) is 0 Å². The zero-order chi connectivity index (χ0) is 8.44. The Kier molecular flexibility index (Phi) is 2.32. The molecule has 2 saturated heterocycles. The van der Waals surface area contributed by atoms with Crippen molar-refractivity contribution in [1.29, 1.82) is 0 Å². The summed E-state index contributed by atoms with van der Waals surface area (Å²) in [5, 5.41) is 16.3. The van der Waals surface area contributed by atoms with Crippen LogP contribution in [0.1, 0.15) is 6.42 Å². The molecule has 0 aromatic heterocycles. The molecule has 0 amide bonds. The van der Waals surface area contributed by atoms with Gasteiger partial charge in [-0.25, -0.2) is 0 Å². The summed E-state index contributed by atoms with van der Waals surface area (Å²) in [6, 6.07) is 0.551. The fourth-order valence-corrected chi connectivity index (χ4v) is 1.50. The van der Waals surface area contributed by atoms with E-state index in [2.05, 4.69) is 10.6 Å². The number of aliphatic hydroxyl groups is 1. The Bertz CT molecular complexity index is 153. The van der Waals surface area contributed by atoms with Crippen LogP contribution in [0.15, 0.2) is 0 Å². The molecule has 0 radical (unpaired) electrons. The monoisotopic (exact) mass is 172 g/mol. The standard InChI is InChI=1S/C8H16N2O2/c11-8(1-2-12-6-8)5-10-7-3-9-4-7/h7,9-11H,1-6H2. The van der Waals surface area contributed by atoms with Gasteiger partial charge in [0.25, 0.3) is 0 Å². The molecule has 2 aliphatic heterocycles. The topological polar surface area (TPSA) is 53.5 Å². The number of ether oxygens (including phenoxy) is 1. The van der Waals surface area contributed by atoms with Gasteiger partial charge in [0.2, 0.25) is 0 Å². The molecule has 2 rings (SSSR count). The van der Waals surface area contributed by atoms with E-state index in [-0.39, 0.29) is 0 Å². The molecule has 0 aromatic rings. The first-order valence-electron chi connectivity index (χ1n) is 4.53. The quantitative estimate of drug-likeness (QED) is 0.495. The van der Waals surface area contributed by atoms with Gasteiger partial charge >= 0.3 is 0 Å². The van der Waals surface area contributed by atoms with Gasteiger partial charge in [0.15, 0.2) is 0 Å². The maximum atomic E-state index is 9.85. The molecule has 0 saturated carbocycles. The maximum absolute atomic E-state index is 9.85. The van der Waals surface area contributed by atoms with Crippen molar-refractivity contribution in [2.24, 2.45) is 0 Å². The van der Waals surface area contributed by atoms with Crippen LogP contribution in [0.25, 0.3) is 0 Å². The van der Waals surface area contributed by atoms with E-state index in [0.717, 1.165) is 19.5 Å². The predicted octanol–water partition coefficient (Wildman–Crippen LogP) is -1.30. The van der Waals surface area contributed by atoms with Crippen molar-refractivity contribution in [3.05, 3.63) is 0 Å². The number of nitrogens with one attached hydrogen (secondary N) is 2. The first-order chi connectivity index (χ1) is 5.79. The van der Waals surface area contributed by atoms with Crippen molar-refractivity contribution < 1.29 is 9.84 Å². The molecule has 2 heterocycles. The molecule has 2 fully saturated rings. The lowest BCUT2D eigenvalue weighted by atomic mass is 10.0. The van der Waals surface area contributed by atoms with E-state index < -0.39 is 5.60 Å². The van der Waals surface area contributed by atoms with E-state index in [1.807, 2.05) is 0 Å². The lowest BCUT2D eigenvalue weighted by Gasteiger charge is -2.31. The van der Waals surface area contributed by atoms with Gasteiger partial charge in [0, 0.05) is 38.7 Å². The Balaban J connectivity index is 1.70. The molecule has 0 spiro atoms. The van der Waals surface area contributed by atoms with E-state index in [4.69, 9.17) is 4.74 Å². The molecule has 0 aliphatic carbocycles. The number of rotatable bonds is 3. The average Bonchev–Trinajstić information content (AvgIpc) is 2.33. The van der Waals surface area contributed by atoms with Crippen LogP contribution in [0.3, 0.4) is 0 Å². The van der Waals surface area contributed by atoms with Crippen LogP contribution in [0, 0.1) is 0 Å². The first kappa shape index (κ1) is 8.44. The van der Waals surface area contributed by atoms with E-state index >= 15 is 0 Å². The number of hydrogen-bond donors (Lipinski definition) is 3. The molecule has 1 atom stereocenters. The minimum atomic E-state index is -0.602. The van der Waals surface area contributed by atoms with E-state index in [0.29, 0.717) is 25.8 Å². The third kappa shape index (κ3) is 1.77. The molecule has 3 N–H and O–H groups in total. The summed E-state index contributed by atoms with van der Waals surface area (Å²) in [4.78, 5) is 0. The predicted molar refractivity (Wildman–Crippen MR) is 45.0 cm³/mol. The van der Waals surface area contributed by atoms with Crippen LogP contribution in [-0.2, 0) is 4.74 Å². The second kappa shape index (κ2) is 3.30. The normalized spacial score (nSPS) is 36.8. The second-order valence-electron chi connectivity index (χ2n) is 3.76. The largest absolute Gasteiger partial charge is 0.386 e. The molecule has 4 nitrogen and oxygen atoms in total. The maximum Gasteiger partial charge on any atom is 0.103 e. The van der Waals surface area contributed by atoms with Crippen LogP contribution >= 0.6 is 0 Å². The Labute approximate surface area is 72.3 Å². The fraction of sp³-hybridized carbons (Fsp3) is 1.00. The summed E-state index contributed by atoms with van der Waals surface area (Å²) in [5.74, 6) is 0. The molecule has 2 aliphatic rings. The molecular formula is C8H16N2O2. The second-order valence-corrected chi connectivity index (χ2v) is 3.76. The average molecular weight is 172 g/mol. The SMILES string of the molecule is OC1(CNC2CNC2)CCOC1. The van der Waals surface area contributed by atoms with E-state index in [9.17, 15) is 5.11 Å². The third-order valence-electron chi connectivity index (χ3n) is 2.58. The van der Waals surface area contributed by atoms with Crippen molar-refractivity contribution in [1.82, 2.24) is 10.6 Å². The van der Waals surface area contributed by atoms with Crippen LogP contribution in [0.4, 0.5) is 0 Å². The summed E-state index contributed by atoms with van der Waals surface area (Å²) < 4.78 is 5.14. The summed E-state index contributed by atoms with van der Waals surface area (Å²) >= 11 is 0. The summed E-state index contributed by atoms with van der Waals surface area (Å²) in [6.45, 7) is 3.90. The van der Waals surface area contributed by atoms with Crippen molar-refractivity contribution in [2.75, 3.05) is 32.8 Å². The molecule has 0 aromatic carbocycles. The molecular weight excluding hydrogens is 156 g/mol. The van der Waals surface area contributed by atoms with E-state index in [1.165, 1.54) is 0 Å². The highest BCUT2D eigenvalue weighted by atomic mass is 16.5. The van der Waals surface area contributed by atoms with Crippen LogP contribution < -0.4 is 10.6 Å². The Hall–Kier alpha value is -0.160. The van der Waals surface area contributed by atoms with Crippen molar-refractivity contribution in [2.45, 2.75) is 18.1 Å². The van der Waals surface area contributed by atoms with Crippen LogP contribution in [0.2, 0.25) is 0 Å². The van der Waals surface area contributed by atoms with Crippen LogP contribution in [-0.4, -0.2) is 49.6 Å². The van der Waals surface area contributed by atoms with Gasteiger partial charge < -0.3 is 20.5 Å². The summed E-state index contributed by atoms with van der Waals surface area (Å²) in [5.41, 5.74) is -0.602. The highest BCUT2D eigenvalue weighted by Crippen LogP contribution is 2.17. The molecule has 70 valence electrons. The Morgan fingerprint density at radius 2 is 2.42 bits per heavy atom. The first-order valence-corrected chi connectivity index (χ1v) is 4.53. The van der Waals surface area contributed by atoms with Gasteiger partial charge in [-0.2, -0.15) is 0 Å². The lowest BCUT2D eigenvalue weighted by Crippen LogP contribution is -2.58. The zero-order valence-electron chi connectivity index (χ0n) is 7.18. The fourth-order valence-electron chi connectivity index (χ4n) is 1.50. The van der Waals surface area contributed by atoms with Crippen LogP contribution in [0.5, 0.6) is 0 Å². The van der Waals surface area contributed by atoms with E-state index in [1.54, 1.807) is 0 Å². The smallest absolute Gasteiger partial charge is 0.103 e. The summed E-state index contributed by atoms with van der Waals surface area (Å²) in [6.07, 6.45) is 0.764. The highest BCUT2D eigenvalue weighted by molar-refractivity contribution is 4.89. The molecule has 12 heavy (non-hydrogen) atoms. The molecule has 0 bridgehead atoms. The lowest BCUT2D eigenvalue weighted by molar-refractivity contribution is 0.0233. The van der Waals surface area contributed by atoms with Gasteiger partial charge in [0.1, 0.15) is 5.60 Å². The minimum absolute atomic E-state index is 0.486. The molecule has 4 heteroatoms. The highest BCUT2D eigenvalue weighted by Gasteiger charge is 2.33. The van der Waals surface area contributed by atoms with Crippen molar-refractivity contribution >= 4 is 0 Å². The van der Waals surface area contributed by atoms with Gasteiger partial charge in [-0.3, -0.25) is 0 Å². The third-order valence-corrected chi connectivity index (χ3v) is 2.58. The summed E-state index contributed by atoms with van der Waals surface area (Å²) in [7, 11) is 0. The van der Waals surface area contributed by atoms with Gasteiger partial charge in [0.05, 0.1) is 6.61 Å². The van der Waals surface area contributed by atoms with Gasteiger partial charge in [-0.1, -0.05) is 0 Å². The molecule has 1 unspecified atom stereocenters. The Morgan fingerprint density at radius 3 is 2.92 bits per heavy atom. The zero-order valence-corrected chi connectivity index (χ0v) is 7.18. The number of hydrogen-bond acceptors (Lipinski definition) is 4. The minimum Gasteiger partial charge on any atom is -0.386 e. The van der Waals surface area contributed by atoms with Gasteiger partial charge in [-0.15, -0.1) is 0 Å². The Morgan fingerprint density at radius 1 is 1.58 bits per heavy atom.